The van der Waals surface area contributed by atoms with Gasteiger partial charge in [-0.05, 0) is 37.6 Å². The van der Waals surface area contributed by atoms with Gasteiger partial charge in [0.15, 0.2) is 0 Å². The molecule has 1 saturated heterocycles. The number of rotatable bonds is 8. The summed E-state index contributed by atoms with van der Waals surface area (Å²) in [6.07, 6.45) is 2.07. The maximum atomic E-state index is 13.2. The van der Waals surface area contributed by atoms with Crippen molar-refractivity contribution < 1.29 is 27.4 Å². The molecule has 9 nitrogen and oxygen atoms in total. The molecule has 1 aromatic heterocycles. The second kappa shape index (κ2) is 10.5. The van der Waals surface area contributed by atoms with Crippen LogP contribution in [0, 0.1) is 13.8 Å². The first-order valence-electron chi connectivity index (χ1n) is 11.4. The van der Waals surface area contributed by atoms with Gasteiger partial charge < -0.3 is 19.1 Å². The lowest BCUT2D eigenvalue weighted by molar-refractivity contribution is 0.0338. The first kappa shape index (κ1) is 25.5. The number of aromatic nitrogens is 1. The van der Waals surface area contributed by atoms with Gasteiger partial charge >= 0.3 is 0 Å². The third-order valence-electron chi connectivity index (χ3n) is 6.04. The Morgan fingerprint density at radius 2 is 1.78 bits per heavy atom. The van der Waals surface area contributed by atoms with Crippen LogP contribution in [0.3, 0.4) is 0 Å². The predicted molar refractivity (Wildman–Crippen MR) is 135 cm³/mol. The van der Waals surface area contributed by atoms with Crippen molar-refractivity contribution in [1.82, 2.24) is 9.88 Å². The number of nitrogens with zero attached hydrogens (tertiary/aromatic N) is 2. The molecular formula is C26H29N3O6S. The molecule has 0 saturated carbocycles. The molecule has 1 aliphatic heterocycles. The van der Waals surface area contributed by atoms with Gasteiger partial charge in [-0.2, -0.15) is 0 Å². The number of nitrogens with one attached hydrogen (secondary N) is 1. The van der Waals surface area contributed by atoms with E-state index >= 15 is 0 Å². The van der Waals surface area contributed by atoms with Crippen LogP contribution in [0.25, 0.3) is 0 Å². The van der Waals surface area contributed by atoms with Gasteiger partial charge in [0.05, 0.1) is 38.3 Å². The molecule has 2 aromatic carbocycles. The third kappa shape index (κ3) is 5.44. The van der Waals surface area contributed by atoms with Crippen LogP contribution in [-0.2, 0) is 14.8 Å². The van der Waals surface area contributed by atoms with Gasteiger partial charge in [-0.25, -0.2) is 8.42 Å². The fraction of sp³-hybridized carbons (Fsp3) is 0.308. The van der Waals surface area contributed by atoms with Crippen LogP contribution in [-0.4, -0.2) is 63.7 Å². The number of aryl methyl sites for hydroxylation is 2. The lowest BCUT2D eigenvalue weighted by Crippen LogP contribution is -2.32. The van der Waals surface area contributed by atoms with Gasteiger partial charge in [-0.15, -0.1) is 0 Å². The average molecular weight is 512 g/mol. The summed E-state index contributed by atoms with van der Waals surface area (Å²) in [5, 5.41) is 0. The van der Waals surface area contributed by atoms with Gasteiger partial charge in [-0.3, -0.25) is 14.5 Å². The fourth-order valence-corrected chi connectivity index (χ4v) is 5.36. The summed E-state index contributed by atoms with van der Waals surface area (Å²) in [4.78, 5) is 19.0. The maximum Gasteiger partial charge on any atom is 0.265 e. The van der Waals surface area contributed by atoms with Crippen molar-refractivity contribution in [3.05, 3.63) is 77.6 Å². The highest BCUT2D eigenvalue weighted by Gasteiger charge is 2.38. The van der Waals surface area contributed by atoms with Gasteiger partial charge in [0, 0.05) is 18.7 Å². The molecule has 1 fully saturated rings. The Morgan fingerprint density at radius 3 is 2.53 bits per heavy atom. The number of anilines is 1. The smallest absolute Gasteiger partial charge is 0.265 e. The zero-order valence-corrected chi connectivity index (χ0v) is 21.4. The molecule has 36 heavy (non-hydrogen) atoms. The molecule has 0 radical (unpaired) electrons. The largest absolute Gasteiger partial charge is 0.495 e. The quantitative estimate of drug-likeness (QED) is 0.494. The number of benzene rings is 2. The number of carbonyl (C=O) groups excluding carboxylic acids is 1. The van der Waals surface area contributed by atoms with Crippen LogP contribution in [0.2, 0.25) is 0 Å². The Balaban J connectivity index is 1.49. The van der Waals surface area contributed by atoms with E-state index in [1.165, 1.54) is 25.6 Å². The molecule has 0 spiro atoms. The van der Waals surface area contributed by atoms with Gasteiger partial charge in [-0.1, -0.05) is 29.8 Å². The van der Waals surface area contributed by atoms with Crippen LogP contribution in [0.1, 0.15) is 21.5 Å². The van der Waals surface area contributed by atoms with Gasteiger partial charge in [0.2, 0.25) is 0 Å². The second-order valence-electron chi connectivity index (χ2n) is 8.62. The van der Waals surface area contributed by atoms with Crippen LogP contribution >= 0.6 is 0 Å². The van der Waals surface area contributed by atoms with E-state index in [0.717, 1.165) is 11.1 Å². The third-order valence-corrected chi connectivity index (χ3v) is 7.46. The zero-order chi connectivity index (χ0) is 25.9. The fourth-order valence-electron chi connectivity index (χ4n) is 4.15. The number of amides is 1. The van der Waals surface area contributed by atoms with Crippen molar-refractivity contribution in [1.29, 1.82) is 0 Å². The van der Waals surface area contributed by atoms with Crippen molar-refractivity contribution in [2.45, 2.75) is 31.0 Å². The Bertz CT molecular complexity index is 1360. The van der Waals surface area contributed by atoms with Gasteiger partial charge in [0.25, 0.3) is 15.9 Å². The van der Waals surface area contributed by atoms with E-state index in [1.807, 2.05) is 32.0 Å². The number of hydrogen-bond acceptors (Lipinski definition) is 7. The van der Waals surface area contributed by atoms with Crippen molar-refractivity contribution in [3.63, 3.8) is 0 Å². The highest BCUT2D eigenvalue weighted by molar-refractivity contribution is 7.92. The lowest BCUT2D eigenvalue weighted by atomic mass is 10.0. The molecule has 3 aromatic rings. The highest BCUT2D eigenvalue weighted by atomic mass is 32.2. The second-order valence-corrected chi connectivity index (χ2v) is 10.3. The van der Waals surface area contributed by atoms with E-state index in [2.05, 4.69) is 9.71 Å². The van der Waals surface area contributed by atoms with E-state index < -0.39 is 16.1 Å². The molecule has 0 unspecified atom stereocenters. The van der Waals surface area contributed by atoms with Crippen LogP contribution in [0.5, 0.6) is 11.5 Å². The maximum absolute atomic E-state index is 13.2. The summed E-state index contributed by atoms with van der Waals surface area (Å²) >= 11 is 0. The van der Waals surface area contributed by atoms with Crippen molar-refractivity contribution in [3.8, 4) is 11.5 Å². The number of ether oxygens (including phenoxy) is 3. The van der Waals surface area contributed by atoms with E-state index in [9.17, 15) is 13.2 Å². The van der Waals surface area contributed by atoms with Crippen LogP contribution in [0.15, 0.2) is 65.8 Å². The minimum absolute atomic E-state index is 0.00894. The molecule has 190 valence electrons. The topological polar surface area (TPSA) is 107 Å². The number of para-hydroxylation sites is 1. The first-order chi connectivity index (χ1) is 17.2. The summed E-state index contributed by atoms with van der Waals surface area (Å²) in [6, 6.07) is 13.7. The minimum atomic E-state index is -3.92. The Hall–Kier alpha value is -3.63. The molecule has 4 rings (SSSR count). The molecule has 0 bridgehead atoms. The normalized spacial score (nSPS) is 17.6. The van der Waals surface area contributed by atoms with E-state index in [1.54, 1.807) is 36.3 Å². The summed E-state index contributed by atoms with van der Waals surface area (Å²) in [6.45, 7) is 4.56. The number of carbonyl (C=O) groups is 1. The van der Waals surface area contributed by atoms with Crippen LogP contribution in [0.4, 0.5) is 5.69 Å². The summed E-state index contributed by atoms with van der Waals surface area (Å²) in [7, 11) is -0.940. The predicted octanol–water partition coefficient (Wildman–Crippen LogP) is 3.43. The lowest BCUT2D eigenvalue weighted by Gasteiger charge is -2.19. The highest BCUT2D eigenvalue weighted by Crippen LogP contribution is 2.28. The molecule has 2 heterocycles. The number of pyridine rings is 1. The number of hydrogen-bond donors (Lipinski definition) is 1. The van der Waals surface area contributed by atoms with E-state index in [0.29, 0.717) is 24.4 Å². The number of likely N-dealkylation sites (tertiary alicyclic amines) is 1. The molecule has 1 aliphatic rings. The molecule has 1 N–H and O–H groups in total. The zero-order valence-electron chi connectivity index (χ0n) is 20.6. The summed E-state index contributed by atoms with van der Waals surface area (Å²) in [5.74, 6) is 0.497. The first-order valence-corrected chi connectivity index (χ1v) is 12.9. The SMILES string of the molecule is COc1ccccc1S(=O)(=O)Nc1cncc(O[C@@H]2CN(C(=O)c3cc(C)ccc3C)C[C@H]2OC)c1. The van der Waals surface area contributed by atoms with Crippen LogP contribution < -0.4 is 14.2 Å². The van der Waals surface area contributed by atoms with Crippen molar-refractivity contribution in [2.24, 2.45) is 0 Å². The molecule has 0 aliphatic carbocycles. The monoisotopic (exact) mass is 511 g/mol. The minimum Gasteiger partial charge on any atom is -0.495 e. The molecular weight excluding hydrogens is 482 g/mol. The Kier molecular flexibility index (Phi) is 7.46. The van der Waals surface area contributed by atoms with E-state index in [-0.39, 0.29) is 28.3 Å². The standard InChI is InChI=1S/C26H29N3O6S/c1-17-9-10-18(2)21(11-17)26(30)29-15-23(34-4)24(16-29)35-20-12-19(13-27-14-20)28-36(31,32)25-8-6-5-7-22(25)33-3/h5-14,23-24,28H,15-16H2,1-4H3/t23-,24-/m1/s1. The molecule has 10 heteroatoms. The van der Waals surface area contributed by atoms with Gasteiger partial charge in [0.1, 0.15) is 28.6 Å². The van der Waals surface area contributed by atoms with Crippen molar-refractivity contribution >= 4 is 21.6 Å². The van der Waals surface area contributed by atoms with Crippen molar-refractivity contribution in [2.75, 3.05) is 32.0 Å². The average Bonchev–Trinajstić information content (AvgIpc) is 3.27. The molecule has 1 amide bonds. The Morgan fingerprint density at radius 1 is 1.03 bits per heavy atom. The van der Waals surface area contributed by atoms with E-state index in [4.69, 9.17) is 14.2 Å². The number of sulfonamides is 1. The summed E-state index contributed by atoms with van der Waals surface area (Å²) < 4.78 is 45.2. The Labute approximate surface area is 211 Å². The summed E-state index contributed by atoms with van der Waals surface area (Å²) in [5.41, 5.74) is 2.80. The molecule has 2 atom stereocenters. The number of methoxy groups -OCH3 is 2.